The first-order valence-corrected chi connectivity index (χ1v) is 5.88. The van der Waals surface area contributed by atoms with Crippen LogP contribution < -0.4 is 0 Å². The molecule has 0 aliphatic heterocycles. The maximum Gasteiger partial charge on any atom is 0.165 e. The van der Waals surface area contributed by atoms with Gasteiger partial charge in [-0.1, -0.05) is 35.0 Å². The number of phenolic OH excluding ortho intramolecular Hbond substituents is 1. The first kappa shape index (κ1) is 11.5. The third-order valence-corrected chi connectivity index (χ3v) is 3.37. The van der Waals surface area contributed by atoms with Gasteiger partial charge in [-0.15, -0.1) is 10.2 Å². The summed E-state index contributed by atoms with van der Waals surface area (Å²) in [6.45, 7) is 0. The normalized spacial score (nSPS) is 10.4. The first-order chi connectivity index (χ1) is 7.65. The van der Waals surface area contributed by atoms with Gasteiger partial charge in [0.1, 0.15) is 5.75 Å². The van der Waals surface area contributed by atoms with Crippen LogP contribution in [0.2, 0.25) is 10.3 Å². The van der Waals surface area contributed by atoms with E-state index in [1.807, 2.05) is 0 Å². The molecule has 82 valence electrons. The molecular weight excluding hydrogens is 267 g/mol. The number of phenols is 1. The molecule has 1 N–H and O–H groups in total. The Kier molecular flexibility index (Phi) is 3.53. The Bertz CT molecular complexity index is 505. The number of benzene rings is 1. The minimum atomic E-state index is 0.223. The van der Waals surface area contributed by atoms with Crippen LogP contribution >= 0.6 is 35.0 Å². The molecule has 0 fully saturated rings. The Morgan fingerprint density at radius 2 is 1.75 bits per heavy atom. The van der Waals surface area contributed by atoms with Crippen LogP contribution in [-0.4, -0.2) is 15.3 Å². The summed E-state index contributed by atoms with van der Waals surface area (Å²) >= 11 is 13.0. The smallest absolute Gasteiger partial charge is 0.165 e. The second-order valence-electron chi connectivity index (χ2n) is 2.92. The van der Waals surface area contributed by atoms with Crippen LogP contribution in [0.15, 0.2) is 40.1 Å². The molecule has 3 nitrogen and oxygen atoms in total. The van der Waals surface area contributed by atoms with E-state index in [2.05, 4.69) is 10.2 Å². The summed E-state index contributed by atoms with van der Waals surface area (Å²) in [6, 6.07) is 8.42. The molecule has 1 aromatic carbocycles. The van der Waals surface area contributed by atoms with E-state index in [9.17, 15) is 0 Å². The average molecular weight is 273 g/mol. The molecule has 0 saturated heterocycles. The molecule has 0 atom stereocenters. The van der Waals surface area contributed by atoms with Gasteiger partial charge in [0.05, 0.1) is 4.90 Å². The monoisotopic (exact) mass is 272 g/mol. The van der Waals surface area contributed by atoms with Gasteiger partial charge in [-0.05, 0) is 30.3 Å². The SMILES string of the molecule is Oc1ccc(Sc2cc(Cl)nnc2Cl)cc1. The molecule has 0 unspecified atom stereocenters. The maximum absolute atomic E-state index is 9.14. The summed E-state index contributed by atoms with van der Waals surface area (Å²) in [7, 11) is 0. The van der Waals surface area contributed by atoms with E-state index in [-0.39, 0.29) is 5.75 Å². The number of nitrogens with zero attached hydrogens (tertiary/aromatic N) is 2. The van der Waals surface area contributed by atoms with Crippen molar-refractivity contribution in [1.29, 1.82) is 0 Å². The van der Waals surface area contributed by atoms with Gasteiger partial charge in [-0.25, -0.2) is 0 Å². The van der Waals surface area contributed by atoms with Crippen molar-refractivity contribution in [1.82, 2.24) is 10.2 Å². The molecule has 1 heterocycles. The van der Waals surface area contributed by atoms with Crippen molar-refractivity contribution in [2.75, 3.05) is 0 Å². The zero-order chi connectivity index (χ0) is 11.5. The lowest BCUT2D eigenvalue weighted by Gasteiger charge is -2.03. The fourth-order valence-electron chi connectivity index (χ4n) is 1.05. The minimum Gasteiger partial charge on any atom is -0.508 e. The highest BCUT2D eigenvalue weighted by molar-refractivity contribution is 7.99. The zero-order valence-electron chi connectivity index (χ0n) is 7.89. The summed E-state index contributed by atoms with van der Waals surface area (Å²) in [5.41, 5.74) is 0. The van der Waals surface area contributed by atoms with Crippen molar-refractivity contribution in [2.45, 2.75) is 9.79 Å². The molecule has 0 aliphatic carbocycles. The van der Waals surface area contributed by atoms with Crippen LogP contribution in [-0.2, 0) is 0 Å². The van der Waals surface area contributed by atoms with E-state index in [4.69, 9.17) is 28.3 Å². The number of hydrogen-bond acceptors (Lipinski definition) is 4. The second-order valence-corrected chi connectivity index (χ2v) is 4.78. The predicted molar refractivity (Wildman–Crippen MR) is 64.3 cm³/mol. The van der Waals surface area contributed by atoms with E-state index in [1.165, 1.54) is 11.8 Å². The van der Waals surface area contributed by atoms with Crippen LogP contribution in [0.4, 0.5) is 0 Å². The second kappa shape index (κ2) is 4.91. The molecule has 2 aromatic rings. The lowest BCUT2D eigenvalue weighted by Crippen LogP contribution is -1.85. The molecule has 16 heavy (non-hydrogen) atoms. The lowest BCUT2D eigenvalue weighted by atomic mass is 10.3. The van der Waals surface area contributed by atoms with Crippen LogP contribution in [0.5, 0.6) is 5.75 Å². The van der Waals surface area contributed by atoms with Crippen LogP contribution in [0.1, 0.15) is 0 Å². The minimum absolute atomic E-state index is 0.223. The maximum atomic E-state index is 9.14. The Hall–Kier alpha value is -0.970. The Balaban J connectivity index is 2.26. The number of rotatable bonds is 2. The Morgan fingerprint density at radius 1 is 1.06 bits per heavy atom. The third kappa shape index (κ3) is 2.78. The van der Waals surface area contributed by atoms with E-state index in [0.29, 0.717) is 10.3 Å². The quantitative estimate of drug-likeness (QED) is 0.907. The fraction of sp³-hybridized carbons (Fsp3) is 0. The van der Waals surface area contributed by atoms with Crippen molar-refractivity contribution >= 4 is 35.0 Å². The third-order valence-electron chi connectivity index (χ3n) is 1.75. The summed E-state index contributed by atoms with van der Waals surface area (Å²) in [4.78, 5) is 1.66. The van der Waals surface area contributed by atoms with Crippen molar-refractivity contribution in [3.63, 3.8) is 0 Å². The highest BCUT2D eigenvalue weighted by atomic mass is 35.5. The summed E-state index contributed by atoms with van der Waals surface area (Å²) in [5, 5.41) is 17.1. The van der Waals surface area contributed by atoms with Crippen LogP contribution in [0.3, 0.4) is 0 Å². The van der Waals surface area contributed by atoms with E-state index in [0.717, 1.165) is 9.79 Å². The van der Waals surface area contributed by atoms with Gasteiger partial charge < -0.3 is 5.11 Å². The number of aromatic nitrogens is 2. The Morgan fingerprint density at radius 3 is 2.44 bits per heavy atom. The van der Waals surface area contributed by atoms with Gasteiger partial charge in [0, 0.05) is 4.90 Å². The van der Waals surface area contributed by atoms with Crippen LogP contribution in [0, 0.1) is 0 Å². The van der Waals surface area contributed by atoms with Crippen molar-refractivity contribution < 1.29 is 5.11 Å². The Labute approximate surface area is 106 Å². The van der Waals surface area contributed by atoms with Gasteiger partial charge in [0.15, 0.2) is 10.3 Å². The predicted octanol–water partition coefficient (Wildman–Crippen LogP) is 3.64. The molecule has 0 aliphatic rings. The average Bonchev–Trinajstić information content (AvgIpc) is 2.27. The van der Waals surface area contributed by atoms with Crippen molar-refractivity contribution in [2.24, 2.45) is 0 Å². The molecule has 0 amide bonds. The molecule has 0 spiro atoms. The van der Waals surface area contributed by atoms with Gasteiger partial charge >= 0.3 is 0 Å². The highest BCUT2D eigenvalue weighted by Crippen LogP contribution is 2.33. The molecule has 0 radical (unpaired) electrons. The topological polar surface area (TPSA) is 46.0 Å². The summed E-state index contributed by atoms with van der Waals surface area (Å²) in [5.74, 6) is 0.223. The summed E-state index contributed by atoms with van der Waals surface area (Å²) in [6.07, 6.45) is 0. The fourth-order valence-corrected chi connectivity index (χ4v) is 2.29. The molecule has 1 aromatic heterocycles. The molecule has 0 bridgehead atoms. The van der Waals surface area contributed by atoms with E-state index >= 15 is 0 Å². The highest BCUT2D eigenvalue weighted by Gasteiger charge is 2.06. The van der Waals surface area contributed by atoms with Crippen molar-refractivity contribution in [3.8, 4) is 5.75 Å². The zero-order valence-corrected chi connectivity index (χ0v) is 10.2. The first-order valence-electron chi connectivity index (χ1n) is 4.31. The van der Waals surface area contributed by atoms with Gasteiger partial charge in [-0.2, -0.15) is 0 Å². The van der Waals surface area contributed by atoms with E-state index < -0.39 is 0 Å². The van der Waals surface area contributed by atoms with Crippen LogP contribution in [0.25, 0.3) is 0 Å². The number of aromatic hydroxyl groups is 1. The largest absolute Gasteiger partial charge is 0.508 e. The van der Waals surface area contributed by atoms with Gasteiger partial charge in [0.25, 0.3) is 0 Å². The summed E-state index contributed by atoms with van der Waals surface area (Å²) < 4.78 is 0. The number of halogens is 2. The number of hydrogen-bond donors (Lipinski definition) is 1. The molecular formula is C10H6Cl2N2OS. The van der Waals surface area contributed by atoms with E-state index in [1.54, 1.807) is 30.3 Å². The van der Waals surface area contributed by atoms with Crippen molar-refractivity contribution in [3.05, 3.63) is 40.6 Å². The molecule has 6 heteroatoms. The van der Waals surface area contributed by atoms with Gasteiger partial charge in [0.2, 0.25) is 0 Å². The molecule has 0 saturated carbocycles. The standard InChI is InChI=1S/C10H6Cl2N2OS/c11-9-5-8(10(12)14-13-9)16-7-3-1-6(15)2-4-7/h1-5,15H. The molecule has 2 rings (SSSR count). The lowest BCUT2D eigenvalue weighted by molar-refractivity contribution is 0.475. The van der Waals surface area contributed by atoms with Gasteiger partial charge in [-0.3, -0.25) is 0 Å².